The molecule has 0 saturated carbocycles. The zero-order valence-corrected chi connectivity index (χ0v) is 16.5. The van der Waals surface area contributed by atoms with Crippen molar-refractivity contribution in [3.8, 4) is 0 Å². The van der Waals surface area contributed by atoms with Gasteiger partial charge in [-0.05, 0) is 55.5 Å². The lowest BCUT2D eigenvalue weighted by Gasteiger charge is -2.14. The van der Waals surface area contributed by atoms with Gasteiger partial charge in [0.1, 0.15) is 0 Å². The molecule has 128 valence electrons. The van der Waals surface area contributed by atoms with E-state index >= 15 is 0 Å². The lowest BCUT2D eigenvalue weighted by Crippen LogP contribution is -1.96. The van der Waals surface area contributed by atoms with Crippen molar-refractivity contribution in [1.82, 2.24) is 9.97 Å². The minimum absolute atomic E-state index is 0.752. The molecular weight excluding hydrogens is 406 g/mol. The Morgan fingerprint density at radius 3 is 2.62 bits per heavy atom. The second-order valence-corrected chi connectivity index (χ2v) is 7.89. The van der Waals surface area contributed by atoms with E-state index in [1.54, 1.807) is 18.0 Å². The number of fused-ring (bicyclic) bond motifs is 1. The molecule has 2 aromatic heterocycles. The maximum atomic E-state index is 4.52. The fourth-order valence-electron chi connectivity index (χ4n) is 2.68. The van der Waals surface area contributed by atoms with Gasteiger partial charge in [-0.1, -0.05) is 45.9 Å². The van der Waals surface area contributed by atoms with Crippen molar-refractivity contribution in [3.63, 3.8) is 0 Å². The summed E-state index contributed by atoms with van der Waals surface area (Å²) in [6.45, 7) is 1.98. The van der Waals surface area contributed by atoms with Crippen LogP contribution in [0.5, 0.6) is 0 Å². The molecule has 0 aliphatic heterocycles. The van der Waals surface area contributed by atoms with Gasteiger partial charge in [0.25, 0.3) is 0 Å². The van der Waals surface area contributed by atoms with Crippen molar-refractivity contribution in [2.75, 3.05) is 5.32 Å². The van der Waals surface area contributed by atoms with Gasteiger partial charge in [-0.25, -0.2) is 9.97 Å². The Morgan fingerprint density at radius 2 is 1.77 bits per heavy atom. The van der Waals surface area contributed by atoms with E-state index < -0.39 is 0 Å². The van der Waals surface area contributed by atoms with E-state index in [1.807, 2.05) is 25.1 Å². The van der Waals surface area contributed by atoms with Gasteiger partial charge in [0.05, 0.1) is 11.4 Å². The molecule has 26 heavy (non-hydrogen) atoms. The van der Waals surface area contributed by atoms with Crippen molar-refractivity contribution in [1.29, 1.82) is 0 Å². The van der Waals surface area contributed by atoms with Crippen LogP contribution < -0.4 is 5.32 Å². The van der Waals surface area contributed by atoms with E-state index in [0.717, 1.165) is 37.5 Å². The van der Waals surface area contributed by atoms with Crippen LogP contribution in [0.4, 0.5) is 11.4 Å². The molecule has 2 aromatic carbocycles. The molecule has 0 atom stereocenters. The first kappa shape index (κ1) is 17.1. The summed E-state index contributed by atoms with van der Waals surface area (Å²) in [5.74, 6) is 0. The highest BCUT2D eigenvalue weighted by atomic mass is 79.9. The number of aromatic nitrogens is 2. The highest BCUT2D eigenvalue weighted by Crippen LogP contribution is 2.37. The third-order valence-electron chi connectivity index (χ3n) is 3.92. The molecule has 0 amide bonds. The zero-order chi connectivity index (χ0) is 17.9. The lowest BCUT2D eigenvalue weighted by molar-refractivity contribution is 1.20. The van der Waals surface area contributed by atoms with Crippen LogP contribution in [0.2, 0.25) is 0 Å². The van der Waals surface area contributed by atoms with Crippen LogP contribution in [0, 0.1) is 6.92 Å². The topological polar surface area (TPSA) is 37.8 Å². The summed E-state index contributed by atoms with van der Waals surface area (Å²) < 4.78 is 1.03. The van der Waals surface area contributed by atoms with Crippen LogP contribution in [0.3, 0.4) is 0 Å². The molecule has 2 heterocycles. The summed E-state index contributed by atoms with van der Waals surface area (Å²) >= 11 is 5.32. The number of nitrogens with one attached hydrogen (secondary N) is 1. The molecular formula is C21H16BrN3S. The standard InChI is InChI=1S/C21H16BrN3S/c1-14-7-9-17-18(11-12-23-21(17)24-14)25-19-13-15(22)8-10-20(19)26-16-5-3-2-4-6-16/h2-13H,1H3,(H,23,24,25). The number of benzene rings is 2. The van der Waals surface area contributed by atoms with Gasteiger partial charge in [0.15, 0.2) is 5.65 Å². The van der Waals surface area contributed by atoms with E-state index in [9.17, 15) is 0 Å². The van der Waals surface area contributed by atoms with Crippen LogP contribution in [0.25, 0.3) is 11.0 Å². The lowest BCUT2D eigenvalue weighted by atomic mass is 10.2. The SMILES string of the molecule is Cc1ccc2c(Nc3cc(Br)ccc3Sc3ccccc3)ccnc2n1. The molecule has 4 rings (SSSR count). The monoisotopic (exact) mass is 421 g/mol. The third kappa shape index (κ3) is 3.74. The number of hydrogen-bond donors (Lipinski definition) is 1. The molecule has 5 heteroatoms. The molecule has 0 radical (unpaired) electrons. The predicted octanol–water partition coefficient (Wildman–Crippen LogP) is 6.60. The van der Waals surface area contributed by atoms with Gasteiger partial charge < -0.3 is 5.32 Å². The van der Waals surface area contributed by atoms with Gasteiger partial charge >= 0.3 is 0 Å². The van der Waals surface area contributed by atoms with Gasteiger partial charge in [0.2, 0.25) is 0 Å². The van der Waals surface area contributed by atoms with Gasteiger partial charge in [0, 0.05) is 31.5 Å². The maximum absolute atomic E-state index is 4.52. The molecule has 0 bridgehead atoms. The fourth-order valence-corrected chi connectivity index (χ4v) is 3.95. The van der Waals surface area contributed by atoms with Crippen LogP contribution in [0.1, 0.15) is 5.69 Å². The van der Waals surface area contributed by atoms with Crippen LogP contribution >= 0.6 is 27.7 Å². The van der Waals surface area contributed by atoms with E-state index in [4.69, 9.17) is 0 Å². The first-order valence-electron chi connectivity index (χ1n) is 8.21. The second kappa shape index (κ2) is 7.48. The summed E-state index contributed by atoms with van der Waals surface area (Å²) in [7, 11) is 0. The van der Waals surface area contributed by atoms with Crippen molar-refractivity contribution < 1.29 is 0 Å². The third-order valence-corrected chi connectivity index (χ3v) is 5.50. The Balaban J connectivity index is 1.73. The number of rotatable bonds is 4. The zero-order valence-electron chi connectivity index (χ0n) is 14.1. The van der Waals surface area contributed by atoms with Crippen molar-refractivity contribution >= 4 is 50.1 Å². The molecule has 0 fully saturated rings. The largest absolute Gasteiger partial charge is 0.354 e. The van der Waals surface area contributed by atoms with Crippen LogP contribution in [-0.4, -0.2) is 9.97 Å². The Morgan fingerprint density at radius 1 is 0.923 bits per heavy atom. The number of anilines is 2. The second-order valence-electron chi connectivity index (χ2n) is 5.86. The first-order chi connectivity index (χ1) is 12.7. The number of aryl methyl sites for hydroxylation is 1. The van der Waals surface area contributed by atoms with Crippen LogP contribution in [0.15, 0.2) is 87.2 Å². The van der Waals surface area contributed by atoms with Crippen molar-refractivity contribution in [2.45, 2.75) is 16.7 Å². The molecule has 0 unspecified atom stereocenters. The molecule has 0 aliphatic carbocycles. The normalized spacial score (nSPS) is 10.8. The summed E-state index contributed by atoms with van der Waals surface area (Å²) in [4.78, 5) is 11.3. The summed E-state index contributed by atoms with van der Waals surface area (Å²) in [6.07, 6.45) is 1.79. The number of hydrogen-bond acceptors (Lipinski definition) is 4. The molecule has 4 aromatic rings. The summed E-state index contributed by atoms with van der Waals surface area (Å²) in [5, 5.41) is 4.57. The molecule has 0 aliphatic rings. The Hall–Kier alpha value is -2.37. The Kier molecular flexibility index (Phi) is 4.91. The summed E-state index contributed by atoms with van der Waals surface area (Å²) in [6, 6.07) is 22.7. The number of nitrogens with zero attached hydrogens (tertiary/aromatic N) is 2. The van der Waals surface area contributed by atoms with Gasteiger partial charge in [-0.3, -0.25) is 0 Å². The van der Waals surface area contributed by atoms with Crippen molar-refractivity contribution in [2.24, 2.45) is 0 Å². The fraction of sp³-hybridized carbons (Fsp3) is 0.0476. The average Bonchev–Trinajstić information content (AvgIpc) is 2.65. The molecule has 1 N–H and O–H groups in total. The number of halogens is 1. The Labute approximate surface area is 165 Å². The summed E-state index contributed by atoms with van der Waals surface area (Å²) in [5.41, 5.74) is 3.75. The predicted molar refractivity (Wildman–Crippen MR) is 112 cm³/mol. The molecule has 0 spiro atoms. The maximum Gasteiger partial charge on any atom is 0.161 e. The van der Waals surface area contributed by atoms with E-state index in [2.05, 4.69) is 79.7 Å². The van der Waals surface area contributed by atoms with E-state index in [-0.39, 0.29) is 0 Å². The van der Waals surface area contributed by atoms with Gasteiger partial charge in [-0.2, -0.15) is 0 Å². The number of pyridine rings is 2. The smallest absolute Gasteiger partial charge is 0.161 e. The first-order valence-corrected chi connectivity index (χ1v) is 9.82. The minimum atomic E-state index is 0.752. The average molecular weight is 422 g/mol. The highest BCUT2D eigenvalue weighted by molar-refractivity contribution is 9.10. The quantitative estimate of drug-likeness (QED) is 0.402. The van der Waals surface area contributed by atoms with Crippen LogP contribution in [-0.2, 0) is 0 Å². The molecule has 3 nitrogen and oxygen atoms in total. The Bertz CT molecular complexity index is 1070. The highest BCUT2D eigenvalue weighted by Gasteiger charge is 2.09. The van der Waals surface area contributed by atoms with Crippen molar-refractivity contribution in [3.05, 3.63) is 83.1 Å². The van der Waals surface area contributed by atoms with Gasteiger partial charge in [-0.15, -0.1) is 0 Å². The molecule has 0 saturated heterocycles. The minimum Gasteiger partial charge on any atom is -0.354 e. The van der Waals surface area contributed by atoms with E-state index in [1.165, 1.54) is 4.90 Å². The van der Waals surface area contributed by atoms with E-state index in [0.29, 0.717) is 0 Å².